The van der Waals surface area contributed by atoms with Gasteiger partial charge in [0.1, 0.15) is 11.4 Å². The van der Waals surface area contributed by atoms with Crippen LogP contribution in [0, 0.1) is 12.3 Å². The topological polar surface area (TPSA) is 40.5 Å². The Morgan fingerprint density at radius 2 is 1.82 bits per heavy atom. The zero-order valence-electron chi connectivity index (χ0n) is 18.2. The lowest BCUT2D eigenvalue weighted by Crippen LogP contribution is -2.43. The van der Waals surface area contributed by atoms with E-state index >= 15 is 0 Å². The van der Waals surface area contributed by atoms with Crippen LogP contribution in [0.5, 0.6) is 5.75 Å². The van der Waals surface area contributed by atoms with E-state index < -0.39 is 20.0 Å². The molecule has 0 spiro atoms. The zero-order valence-corrected chi connectivity index (χ0v) is 19.2. The summed E-state index contributed by atoms with van der Waals surface area (Å²) in [6, 6.07) is 5.76. The fraction of sp³-hybridized carbons (Fsp3) is 0.435. The van der Waals surface area contributed by atoms with Crippen LogP contribution in [0.15, 0.2) is 30.5 Å². The zero-order chi connectivity index (χ0) is 21.3. The van der Waals surface area contributed by atoms with E-state index in [0.29, 0.717) is 5.75 Å². The first-order valence-corrected chi connectivity index (χ1v) is 12.4. The maximum Gasteiger partial charge on any atom is 0.419 e. The van der Waals surface area contributed by atoms with Crippen LogP contribution in [0.4, 0.5) is 4.79 Å². The van der Waals surface area contributed by atoms with Gasteiger partial charge in [0, 0.05) is 5.39 Å². The fourth-order valence-electron chi connectivity index (χ4n) is 2.52. The molecule has 0 aliphatic carbocycles. The molecule has 0 aliphatic rings. The standard InChI is InChI=1S/C23H31NO3Si/c1-10-11-13-17-14-12-15-18-20(17)19(27-28(8,9)23(5,6)7)16-24(18)21(25)26-22(2,3)4/h1,11-16H,2-9H3/b13-11+. The van der Waals surface area contributed by atoms with Crippen LogP contribution in [0.25, 0.3) is 17.0 Å². The third kappa shape index (κ3) is 4.69. The Bertz CT molecular complexity index is 947. The van der Waals surface area contributed by atoms with Gasteiger partial charge in [-0.1, -0.05) is 38.8 Å². The van der Waals surface area contributed by atoms with Crippen molar-refractivity contribution in [3.63, 3.8) is 0 Å². The summed E-state index contributed by atoms with van der Waals surface area (Å²) in [6.07, 6.45) is 10.2. The van der Waals surface area contributed by atoms with Gasteiger partial charge in [-0.2, -0.15) is 0 Å². The first-order chi connectivity index (χ1) is 12.8. The normalized spacial score (nSPS) is 13.0. The van der Waals surface area contributed by atoms with Crippen molar-refractivity contribution in [1.82, 2.24) is 4.57 Å². The smallest absolute Gasteiger partial charge is 0.419 e. The second-order valence-electron chi connectivity index (χ2n) is 9.45. The van der Waals surface area contributed by atoms with Gasteiger partial charge in [0.15, 0.2) is 0 Å². The van der Waals surface area contributed by atoms with Crippen LogP contribution in [-0.2, 0) is 4.74 Å². The van der Waals surface area contributed by atoms with Gasteiger partial charge in [0.2, 0.25) is 0 Å². The number of ether oxygens (including phenoxy) is 1. The first kappa shape index (κ1) is 21.8. The predicted octanol–water partition coefficient (Wildman–Crippen LogP) is 6.45. The van der Waals surface area contributed by atoms with E-state index in [4.69, 9.17) is 15.6 Å². The van der Waals surface area contributed by atoms with Gasteiger partial charge in [-0.25, -0.2) is 9.36 Å². The molecule has 1 heterocycles. The van der Waals surface area contributed by atoms with Crippen molar-refractivity contribution in [3.8, 4) is 18.1 Å². The maximum absolute atomic E-state index is 12.8. The van der Waals surface area contributed by atoms with Crippen LogP contribution in [0.2, 0.25) is 18.1 Å². The average Bonchev–Trinajstić information content (AvgIpc) is 2.89. The molecule has 5 heteroatoms. The van der Waals surface area contributed by atoms with E-state index in [2.05, 4.69) is 39.8 Å². The maximum atomic E-state index is 12.8. The summed E-state index contributed by atoms with van der Waals surface area (Å²) < 4.78 is 13.7. The number of terminal acetylenes is 1. The lowest BCUT2D eigenvalue weighted by atomic mass is 10.1. The number of carbonyl (C=O) groups excluding carboxylic acids is 1. The number of allylic oxidation sites excluding steroid dienone is 1. The van der Waals surface area contributed by atoms with Crippen molar-refractivity contribution < 1.29 is 14.0 Å². The molecular formula is C23H31NO3Si. The summed E-state index contributed by atoms with van der Waals surface area (Å²) in [7, 11) is -2.12. The molecule has 0 radical (unpaired) electrons. The highest BCUT2D eigenvalue weighted by atomic mass is 28.4. The number of hydrogen-bond donors (Lipinski definition) is 0. The number of benzene rings is 1. The van der Waals surface area contributed by atoms with Crippen LogP contribution in [-0.4, -0.2) is 24.6 Å². The second-order valence-corrected chi connectivity index (χ2v) is 14.2. The van der Waals surface area contributed by atoms with E-state index in [1.54, 1.807) is 12.3 Å². The SMILES string of the molecule is C#C/C=C/c1cccc2c1c(O[Si](C)(C)C(C)(C)C)cn2C(=O)OC(C)(C)C. The molecular weight excluding hydrogens is 366 g/mol. The Morgan fingerprint density at radius 1 is 1.18 bits per heavy atom. The summed E-state index contributed by atoms with van der Waals surface area (Å²) in [5.74, 6) is 3.21. The Kier molecular flexibility index (Phi) is 5.87. The first-order valence-electron chi connectivity index (χ1n) is 9.46. The van der Waals surface area contributed by atoms with Gasteiger partial charge < -0.3 is 9.16 Å². The highest BCUT2D eigenvalue weighted by Crippen LogP contribution is 2.41. The minimum absolute atomic E-state index is 0.0247. The highest BCUT2D eigenvalue weighted by molar-refractivity contribution is 6.74. The minimum atomic E-state index is -2.12. The number of carbonyl (C=O) groups is 1. The van der Waals surface area contributed by atoms with Crippen LogP contribution in [0.3, 0.4) is 0 Å². The molecule has 0 unspecified atom stereocenters. The van der Waals surface area contributed by atoms with Crippen LogP contribution < -0.4 is 4.43 Å². The van der Waals surface area contributed by atoms with E-state index in [9.17, 15) is 4.79 Å². The number of nitrogens with zero attached hydrogens (tertiary/aromatic N) is 1. The molecule has 0 atom stereocenters. The molecule has 1 aromatic carbocycles. The Morgan fingerprint density at radius 3 is 2.36 bits per heavy atom. The molecule has 0 saturated heterocycles. The molecule has 0 saturated carbocycles. The molecule has 2 aromatic rings. The molecule has 0 amide bonds. The Hall–Kier alpha value is -2.45. The van der Waals surface area contributed by atoms with Crippen molar-refractivity contribution >= 4 is 31.4 Å². The van der Waals surface area contributed by atoms with Crippen molar-refractivity contribution in [3.05, 3.63) is 36.0 Å². The summed E-state index contributed by atoms with van der Waals surface area (Å²) >= 11 is 0. The number of rotatable bonds is 3. The van der Waals surface area contributed by atoms with Gasteiger partial charge in [-0.15, -0.1) is 6.42 Å². The van der Waals surface area contributed by atoms with Crippen molar-refractivity contribution in [2.24, 2.45) is 0 Å². The monoisotopic (exact) mass is 397 g/mol. The number of hydrogen-bond acceptors (Lipinski definition) is 3. The van der Waals surface area contributed by atoms with Gasteiger partial charge in [0.05, 0.1) is 11.7 Å². The lowest BCUT2D eigenvalue weighted by molar-refractivity contribution is 0.0544. The van der Waals surface area contributed by atoms with Gasteiger partial charge in [-0.3, -0.25) is 0 Å². The third-order valence-corrected chi connectivity index (χ3v) is 9.29. The minimum Gasteiger partial charge on any atom is -0.542 e. The van der Waals surface area contributed by atoms with Gasteiger partial charge in [-0.05, 0) is 62.7 Å². The number of aromatic nitrogens is 1. The van der Waals surface area contributed by atoms with Gasteiger partial charge >= 0.3 is 6.09 Å². The molecule has 0 bridgehead atoms. The summed E-state index contributed by atoms with van der Waals surface area (Å²) in [5, 5.41) is 0.890. The Labute approximate surface area is 169 Å². The van der Waals surface area contributed by atoms with Crippen LogP contribution in [0.1, 0.15) is 47.1 Å². The van der Waals surface area contributed by atoms with Gasteiger partial charge in [0.25, 0.3) is 8.32 Å². The molecule has 0 aliphatic heterocycles. The fourth-order valence-corrected chi connectivity index (χ4v) is 3.53. The van der Waals surface area contributed by atoms with Crippen molar-refractivity contribution in [2.45, 2.75) is 65.3 Å². The third-order valence-electron chi connectivity index (χ3n) is 4.95. The molecule has 28 heavy (non-hydrogen) atoms. The van der Waals surface area contributed by atoms with E-state index in [1.807, 2.05) is 45.0 Å². The molecule has 0 N–H and O–H groups in total. The summed E-state index contributed by atoms with van der Waals surface area (Å²) in [6.45, 7) is 16.5. The molecule has 0 fully saturated rings. The van der Waals surface area contributed by atoms with Crippen molar-refractivity contribution in [2.75, 3.05) is 0 Å². The van der Waals surface area contributed by atoms with E-state index in [1.165, 1.54) is 4.57 Å². The molecule has 1 aromatic heterocycles. The largest absolute Gasteiger partial charge is 0.542 e. The molecule has 2 rings (SSSR count). The average molecular weight is 398 g/mol. The highest BCUT2D eigenvalue weighted by Gasteiger charge is 2.40. The summed E-state index contributed by atoms with van der Waals surface area (Å²) in [4.78, 5) is 12.8. The van der Waals surface area contributed by atoms with Crippen molar-refractivity contribution in [1.29, 1.82) is 0 Å². The quantitative estimate of drug-likeness (QED) is 0.441. The molecule has 4 nitrogen and oxygen atoms in total. The summed E-state index contributed by atoms with van der Waals surface area (Å²) in [5.41, 5.74) is 1.06. The van der Waals surface area contributed by atoms with E-state index in [-0.39, 0.29) is 5.04 Å². The molecule has 150 valence electrons. The number of fused-ring (bicyclic) bond motifs is 1. The van der Waals surface area contributed by atoms with E-state index in [0.717, 1.165) is 16.5 Å². The predicted molar refractivity (Wildman–Crippen MR) is 119 cm³/mol. The van der Waals surface area contributed by atoms with Crippen LogP contribution >= 0.6 is 0 Å². The Balaban J connectivity index is 2.70. The lowest BCUT2D eigenvalue weighted by Gasteiger charge is -2.36. The second kappa shape index (κ2) is 7.52.